The normalized spacial score (nSPS) is 14.0. The van der Waals surface area contributed by atoms with Crippen molar-refractivity contribution in [2.75, 3.05) is 0 Å². The summed E-state index contributed by atoms with van der Waals surface area (Å²) in [5.41, 5.74) is 3.32. The highest BCUT2D eigenvalue weighted by atomic mass is 32.1. The van der Waals surface area contributed by atoms with Gasteiger partial charge in [0.25, 0.3) is 0 Å². The lowest BCUT2D eigenvalue weighted by Gasteiger charge is -2.21. The van der Waals surface area contributed by atoms with Crippen molar-refractivity contribution < 1.29 is 4.74 Å². The van der Waals surface area contributed by atoms with Crippen LogP contribution in [0.2, 0.25) is 0 Å². The number of benzene rings is 1. The highest BCUT2D eigenvalue weighted by Gasteiger charge is 2.17. The summed E-state index contributed by atoms with van der Waals surface area (Å²) in [6, 6.07) is 14.3. The Morgan fingerprint density at radius 2 is 1.90 bits per heavy atom. The summed E-state index contributed by atoms with van der Waals surface area (Å²) < 4.78 is 8.72. The third-order valence-corrected chi connectivity index (χ3v) is 5.31. The van der Waals surface area contributed by atoms with Crippen molar-refractivity contribution >= 4 is 12.2 Å². The predicted molar refractivity (Wildman–Crippen MR) is 116 cm³/mol. The Morgan fingerprint density at radius 3 is 2.55 bits per heavy atom. The van der Waals surface area contributed by atoms with E-state index in [0.717, 1.165) is 21.6 Å². The molecule has 4 rings (SSSR count). The van der Waals surface area contributed by atoms with Crippen LogP contribution >= 0.6 is 12.2 Å². The molecule has 0 unspecified atom stereocenters. The second kappa shape index (κ2) is 8.59. The first-order valence-electron chi connectivity index (χ1n) is 9.83. The zero-order valence-electron chi connectivity index (χ0n) is 16.6. The van der Waals surface area contributed by atoms with Crippen LogP contribution in [0.15, 0.2) is 54.9 Å². The van der Waals surface area contributed by atoms with E-state index in [9.17, 15) is 0 Å². The Hall–Kier alpha value is -2.97. The topological polar surface area (TPSA) is 39.9 Å². The number of aryl methyl sites for hydroxylation is 1. The molecule has 2 heterocycles. The summed E-state index contributed by atoms with van der Waals surface area (Å²) in [7, 11) is 0. The van der Waals surface area contributed by atoms with Gasteiger partial charge in [0.05, 0.1) is 6.04 Å². The molecule has 5 heteroatoms. The molecule has 146 valence electrons. The Labute approximate surface area is 176 Å². The Kier molecular flexibility index (Phi) is 5.73. The summed E-state index contributed by atoms with van der Waals surface area (Å²) in [4.78, 5) is 8.36. The number of rotatable bonds is 5. The van der Waals surface area contributed by atoms with Gasteiger partial charge in [0.1, 0.15) is 17.0 Å². The van der Waals surface area contributed by atoms with E-state index in [4.69, 9.17) is 17.0 Å². The van der Waals surface area contributed by atoms with Gasteiger partial charge in [0.15, 0.2) is 5.82 Å². The molecule has 0 spiro atoms. The molecule has 1 atom stereocenters. The van der Waals surface area contributed by atoms with Crippen molar-refractivity contribution in [3.8, 4) is 17.6 Å². The maximum absolute atomic E-state index is 5.84. The van der Waals surface area contributed by atoms with Crippen LogP contribution in [0.25, 0.3) is 0 Å². The van der Waals surface area contributed by atoms with E-state index in [1.54, 1.807) is 18.5 Å². The number of hydrogen-bond acceptors (Lipinski definition) is 4. The van der Waals surface area contributed by atoms with Gasteiger partial charge in [-0.15, -0.1) is 0 Å². The zero-order chi connectivity index (χ0) is 20.2. The maximum atomic E-state index is 5.84. The second-order valence-electron chi connectivity index (χ2n) is 7.34. The SMILES string of the molecule is Cc1cc(OCc2ncccn2)cc(=S)n1[C@H](C)c1ccc(C#CC2CC2)cc1. The molecule has 1 fully saturated rings. The fourth-order valence-corrected chi connectivity index (χ4v) is 3.64. The van der Waals surface area contributed by atoms with E-state index in [0.29, 0.717) is 18.3 Å². The van der Waals surface area contributed by atoms with Gasteiger partial charge in [-0.05, 0) is 56.5 Å². The molecule has 1 aliphatic rings. The quantitative estimate of drug-likeness (QED) is 0.432. The van der Waals surface area contributed by atoms with E-state index in [1.165, 1.54) is 18.4 Å². The average molecular weight is 402 g/mol. The summed E-state index contributed by atoms with van der Waals surface area (Å²) in [5.74, 6) is 8.56. The number of ether oxygens (including phenoxy) is 1. The van der Waals surface area contributed by atoms with E-state index >= 15 is 0 Å². The number of hydrogen-bond donors (Lipinski definition) is 0. The molecule has 2 aromatic heterocycles. The molecular weight excluding hydrogens is 378 g/mol. The molecule has 0 bridgehead atoms. The molecule has 1 saturated carbocycles. The second-order valence-corrected chi connectivity index (χ2v) is 7.75. The summed E-state index contributed by atoms with van der Waals surface area (Å²) in [6.45, 7) is 4.53. The predicted octanol–water partition coefficient (Wildman–Crippen LogP) is 5.27. The van der Waals surface area contributed by atoms with Crippen LogP contribution in [0.1, 0.15) is 48.5 Å². The van der Waals surface area contributed by atoms with Crippen LogP contribution in [0.5, 0.6) is 5.75 Å². The van der Waals surface area contributed by atoms with Crippen LogP contribution in [0.4, 0.5) is 0 Å². The summed E-state index contributed by atoms with van der Waals surface area (Å²) in [5, 5.41) is 0. The molecule has 4 nitrogen and oxygen atoms in total. The first kappa shape index (κ1) is 19.4. The minimum absolute atomic E-state index is 0.124. The number of aromatic nitrogens is 3. The van der Waals surface area contributed by atoms with Crippen molar-refractivity contribution in [1.82, 2.24) is 14.5 Å². The minimum Gasteiger partial charge on any atom is -0.485 e. The van der Waals surface area contributed by atoms with Crippen molar-refractivity contribution in [3.05, 3.63) is 82.1 Å². The monoisotopic (exact) mass is 401 g/mol. The molecule has 0 N–H and O–H groups in total. The molecule has 29 heavy (non-hydrogen) atoms. The van der Waals surface area contributed by atoms with Gasteiger partial charge < -0.3 is 9.30 Å². The third kappa shape index (κ3) is 4.90. The molecule has 3 aromatic rings. The van der Waals surface area contributed by atoms with Gasteiger partial charge >= 0.3 is 0 Å². The lowest BCUT2D eigenvalue weighted by molar-refractivity contribution is 0.294. The van der Waals surface area contributed by atoms with Crippen LogP contribution < -0.4 is 4.74 Å². The average Bonchev–Trinajstić information content (AvgIpc) is 3.56. The fraction of sp³-hybridized carbons (Fsp3) is 0.292. The van der Waals surface area contributed by atoms with E-state index in [1.807, 2.05) is 19.1 Å². The highest BCUT2D eigenvalue weighted by molar-refractivity contribution is 7.71. The molecule has 0 radical (unpaired) electrons. The largest absolute Gasteiger partial charge is 0.485 e. The van der Waals surface area contributed by atoms with Gasteiger partial charge in [0.2, 0.25) is 0 Å². The zero-order valence-corrected chi connectivity index (χ0v) is 17.4. The third-order valence-electron chi connectivity index (χ3n) is 5.00. The number of nitrogens with zero attached hydrogens (tertiary/aromatic N) is 3. The Balaban J connectivity index is 1.50. The van der Waals surface area contributed by atoms with Crippen molar-refractivity contribution in [1.29, 1.82) is 0 Å². The summed E-state index contributed by atoms with van der Waals surface area (Å²) >= 11 is 5.67. The van der Waals surface area contributed by atoms with Crippen molar-refractivity contribution in [2.24, 2.45) is 5.92 Å². The first-order valence-corrected chi connectivity index (χ1v) is 10.2. The van der Waals surface area contributed by atoms with Crippen LogP contribution in [0.3, 0.4) is 0 Å². The lowest BCUT2D eigenvalue weighted by atomic mass is 10.1. The van der Waals surface area contributed by atoms with Gasteiger partial charge in [-0.2, -0.15) is 0 Å². The molecule has 0 amide bonds. The van der Waals surface area contributed by atoms with E-state index < -0.39 is 0 Å². The van der Waals surface area contributed by atoms with E-state index in [-0.39, 0.29) is 6.04 Å². The van der Waals surface area contributed by atoms with Crippen LogP contribution in [-0.2, 0) is 6.61 Å². The summed E-state index contributed by atoms with van der Waals surface area (Å²) in [6.07, 6.45) is 5.91. The molecule has 0 saturated heterocycles. The van der Waals surface area contributed by atoms with Gasteiger partial charge in [0, 0.05) is 35.6 Å². The van der Waals surface area contributed by atoms with Crippen LogP contribution in [0, 0.1) is 29.3 Å². The van der Waals surface area contributed by atoms with Gasteiger partial charge in [-0.1, -0.05) is 36.2 Å². The minimum atomic E-state index is 0.124. The maximum Gasteiger partial charge on any atom is 0.166 e. The molecule has 1 aliphatic carbocycles. The van der Waals surface area contributed by atoms with E-state index in [2.05, 4.69) is 57.6 Å². The van der Waals surface area contributed by atoms with Gasteiger partial charge in [-0.25, -0.2) is 9.97 Å². The molecule has 0 aliphatic heterocycles. The fourth-order valence-electron chi connectivity index (χ4n) is 3.22. The number of pyridine rings is 1. The smallest absolute Gasteiger partial charge is 0.166 e. The highest BCUT2D eigenvalue weighted by Crippen LogP contribution is 2.28. The molecule has 1 aromatic carbocycles. The van der Waals surface area contributed by atoms with Gasteiger partial charge in [-0.3, -0.25) is 0 Å². The standard InChI is InChI=1S/C24H23N3OS/c1-17-14-22(28-16-23-25-12-3-13-26-23)15-24(29)27(17)18(2)21-10-8-20(9-11-21)7-6-19-4-5-19/h3,8-15,18-19H,4-5,16H2,1-2H3/t18-/m1/s1. The van der Waals surface area contributed by atoms with Crippen molar-refractivity contribution in [3.63, 3.8) is 0 Å². The molecular formula is C24H23N3OS. The lowest BCUT2D eigenvalue weighted by Crippen LogP contribution is -2.12. The first-order chi connectivity index (χ1) is 14.1. The van der Waals surface area contributed by atoms with Crippen molar-refractivity contribution in [2.45, 2.75) is 39.3 Å². The van der Waals surface area contributed by atoms with Crippen LogP contribution in [-0.4, -0.2) is 14.5 Å². The Bertz CT molecular complexity index is 1110. The Morgan fingerprint density at radius 1 is 1.17 bits per heavy atom.